The minimum absolute atomic E-state index is 0.707. The molecule has 2 aromatic rings. The van der Waals surface area contributed by atoms with Gasteiger partial charge in [-0.15, -0.1) is 0 Å². The van der Waals surface area contributed by atoms with Crippen molar-refractivity contribution in [1.29, 1.82) is 0 Å². The van der Waals surface area contributed by atoms with Gasteiger partial charge in [0.2, 0.25) is 0 Å². The Kier molecular flexibility index (Phi) is 3.77. The molecule has 0 atom stereocenters. The number of hydrazone groups is 1. The lowest BCUT2D eigenvalue weighted by atomic mass is 10.1. The Labute approximate surface area is 109 Å². The van der Waals surface area contributed by atoms with E-state index in [1.165, 1.54) is 6.21 Å². The van der Waals surface area contributed by atoms with E-state index in [1.807, 2.05) is 24.3 Å². The highest BCUT2D eigenvalue weighted by molar-refractivity contribution is 5.90. The average molecular weight is 259 g/mol. The Hall–Kier alpha value is -2.83. The number of aromatic nitrogens is 2. The maximum atomic E-state index is 10.5. The fourth-order valence-electron chi connectivity index (χ4n) is 1.63. The molecule has 0 fully saturated rings. The van der Waals surface area contributed by atoms with Crippen LogP contribution in [0.2, 0.25) is 0 Å². The fourth-order valence-corrected chi connectivity index (χ4v) is 1.63. The Morgan fingerprint density at radius 3 is 3.05 bits per heavy atom. The van der Waals surface area contributed by atoms with Crippen LogP contribution in [-0.2, 0) is 0 Å². The molecule has 0 aliphatic heterocycles. The second-order valence-electron chi connectivity index (χ2n) is 3.63. The molecular formula is C12H13N5O2. The summed E-state index contributed by atoms with van der Waals surface area (Å²) in [6.07, 6.45) is 3.05. The largest absolute Gasteiger partial charge is 0.496 e. The van der Waals surface area contributed by atoms with Gasteiger partial charge in [0.05, 0.1) is 25.2 Å². The summed E-state index contributed by atoms with van der Waals surface area (Å²) in [4.78, 5) is 10.5. The SMILES string of the molecule is COc1ccccc1-c1[nH]ncc1C=NNC(N)=O. The van der Waals surface area contributed by atoms with Crippen LogP contribution in [0.4, 0.5) is 4.79 Å². The van der Waals surface area contributed by atoms with Crippen molar-refractivity contribution in [2.75, 3.05) is 7.11 Å². The van der Waals surface area contributed by atoms with Gasteiger partial charge in [0, 0.05) is 11.1 Å². The first-order valence-electron chi connectivity index (χ1n) is 5.47. The van der Waals surface area contributed by atoms with Crippen molar-refractivity contribution in [2.24, 2.45) is 10.8 Å². The highest BCUT2D eigenvalue weighted by Gasteiger charge is 2.10. The zero-order valence-corrected chi connectivity index (χ0v) is 10.3. The maximum absolute atomic E-state index is 10.5. The molecule has 0 aliphatic carbocycles. The molecule has 0 bridgehead atoms. The maximum Gasteiger partial charge on any atom is 0.332 e. The van der Waals surface area contributed by atoms with E-state index >= 15 is 0 Å². The molecule has 1 aromatic heterocycles. The molecule has 2 amide bonds. The van der Waals surface area contributed by atoms with Crippen LogP contribution in [0.3, 0.4) is 0 Å². The number of para-hydroxylation sites is 1. The van der Waals surface area contributed by atoms with Crippen LogP contribution < -0.4 is 15.9 Å². The summed E-state index contributed by atoms with van der Waals surface area (Å²) in [5, 5.41) is 10.5. The number of rotatable bonds is 4. The number of carbonyl (C=O) groups excluding carboxylic acids is 1. The summed E-state index contributed by atoms with van der Waals surface area (Å²) < 4.78 is 5.28. The predicted molar refractivity (Wildman–Crippen MR) is 70.9 cm³/mol. The molecular weight excluding hydrogens is 246 g/mol. The topological polar surface area (TPSA) is 105 Å². The number of hydrogen-bond acceptors (Lipinski definition) is 4. The normalized spacial score (nSPS) is 10.6. The number of H-pyrrole nitrogens is 1. The van der Waals surface area contributed by atoms with E-state index in [-0.39, 0.29) is 0 Å². The minimum Gasteiger partial charge on any atom is -0.496 e. The molecule has 4 N–H and O–H groups in total. The Morgan fingerprint density at radius 2 is 2.32 bits per heavy atom. The number of ether oxygens (including phenoxy) is 1. The van der Waals surface area contributed by atoms with Crippen molar-refractivity contribution in [2.45, 2.75) is 0 Å². The minimum atomic E-state index is -0.724. The van der Waals surface area contributed by atoms with E-state index in [9.17, 15) is 4.79 Å². The molecule has 0 radical (unpaired) electrons. The van der Waals surface area contributed by atoms with Crippen LogP contribution in [0.25, 0.3) is 11.3 Å². The molecule has 7 heteroatoms. The summed E-state index contributed by atoms with van der Waals surface area (Å²) in [6, 6.07) is 6.78. The van der Waals surface area contributed by atoms with Gasteiger partial charge in [-0.05, 0) is 12.1 Å². The van der Waals surface area contributed by atoms with Crippen molar-refractivity contribution >= 4 is 12.2 Å². The number of aromatic amines is 1. The Morgan fingerprint density at radius 1 is 1.53 bits per heavy atom. The zero-order valence-electron chi connectivity index (χ0n) is 10.3. The molecule has 0 saturated carbocycles. The standard InChI is InChI=1S/C12H13N5O2/c1-19-10-5-3-2-4-9(10)11-8(6-14-16-11)7-15-17-12(13)18/h2-7H,1H3,(H,14,16)(H3,13,17,18). The van der Waals surface area contributed by atoms with E-state index in [0.29, 0.717) is 11.3 Å². The van der Waals surface area contributed by atoms with Gasteiger partial charge in [-0.3, -0.25) is 5.10 Å². The lowest BCUT2D eigenvalue weighted by Gasteiger charge is -2.06. The summed E-state index contributed by atoms with van der Waals surface area (Å²) in [6.45, 7) is 0. The second kappa shape index (κ2) is 5.67. The van der Waals surface area contributed by atoms with E-state index in [1.54, 1.807) is 13.3 Å². The molecule has 0 spiro atoms. The number of nitrogens with zero attached hydrogens (tertiary/aromatic N) is 2. The molecule has 1 aromatic carbocycles. The molecule has 2 rings (SSSR count). The number of nitrogens with one attached hydrogen (secondary N) is 2. The third-order valence-electron chi connectivity index (χ3n) is 2.42. The van der Waals surface area contributed by atoms with Crippen molar-refractivity contribution < 1.29 is 9.53 Å². The van der Waals surface area contributed by atoms with Crippen LogP contribution in [-0.4, -0.2) is 29.6 Å². The number of urea groups is 1. The first kappa shape index (κ1) is 12.6. The summed E-state index contributed by atoms with van der Waals surface area (Å²) in [7, 11) is 1.59. The van der Waals surface area contributed by atoms with Gasteiger partial charge < -0.3 is 10.5 Å². The van der Waals surface area contributed by atoms with Crippen LogP contribution in [0.15, 0.2) is 35.6 Å². The molecule has 0 aliphatic rings. The van der Waals surface area contributed by atoms with Crippen LogP contribution in [0, 0.1) is 0 Å². The number of amides is 2. The predicted octanol–water partition coefficient (Wildman–Crippen LogP) is 1.09. The second-order valence-corrected chi connectivity index (χ2v) is 3.63. The molecule has 0 saturated heterocycles. The van der Waals surface area contributed by atoms with Gasteiger partial charge in [0.15, 0.2) is 0 Å². The van der Waals surface area contributed by atoms with Crippen LogP contribution >= 0.6 is 0 Å². The number of nitrogens with two attached hydrogens (primary N) is 1. The van der Waals surface area contributed by atoms with Crippen molar-refractivity contribution in [3.63, 3.8) is 0 Å². The number of methoxy groups -OCH3 is 1. The third-order valence-corrected chi connectivity index (χ3v) is 2.42. The number of benzene rings is 1. The van der Waals surface area contributed by atoms with Crippen molar-refractivity contribution in [3.05, 3.63) is 36.0 Å². The Bertz CT molecular complexity index is 606. The first-order chi connectivity index (χ1) is 9.22. The lowest BCUT2D eigenvalue weighted by molar-refractivity contribution is 0.249. The quantitative estimate of drug-likeness (QED) is 0.565. The summed E-state index contributed by atoms with van der Waals surface area (Å²) in [5.41, 5.74) is 9.35. The van der Waals surface area contributed by atoms with Crippen molar-refractivity contribution in [1.82, 2.24) is 15.6 Å². The highest BCUT2D eigenvalue weighted by atomic mass is 16.5. The van der Waals surface area contributed by atoms with Gasteiger partial charge in [0.25, 0.3) is 0 Å². The number of primary amides is 1. The number of hydrogen-bond donors (Lipinski definition) is 3. The van der Waals surface area contributed by atoms with E-state index in [0.717, 1.165) is 11.3 Å². The molecule has 19 heavy (non-hydrogen) atoms. The average Bonchev–Trinajstić information content (AvgIpc) is 2.86. The van der Waals surface area contributed by atoms with Gasteiger partial charge in [-0.25, -0.2) is 10.2 Å². The fraction of sp³-hybridized carbons (Fsp3) is 0.0833. The van der Waals surface area contributed by atoms with E-state index in [4.69, 9.17) is 10.5 Å². The van der Waals surface area contributed by atoms with Gasteiger partial charge in [0.1, 0.15) is 5.75 Å². The van der Waals surface area contributed by atoms with Crippen LogP contribution in [0.1, 0.15) is 5.56 Å². The molecule has 1 heterocycles. The van der Waals surface area contributed by atoms with E-state index in [2.05, 4.69) is 20.7 Å². The molecule has 0 unspecified atom stereocenters. The highest BCUT2D eigenvalue weighted by Crippen LogP contribution is 2.29. The monoisotopic (exact) mass is 259 g/mol. The smallest absolute Gasteiger partial charge is 0.332 e. The van der Waals surface area contributed by atoms with Gasteiger partial charge >= 0.3 is 6.03 Å². The molecule has 98 valence electrons. The van der Waals surface area contributed by atoms with Crippen molar-refractivity contribution in [3.8, 4) is 17.0 Å². The third kappa shape index (κ3) is 2.89. The van der Waals surface area contributed by atoms with Crippen LogP contribution in [0.5, 0.6) is 5.75 Å². The lowest BCUT2D eigenvalue weighted by Crippen LogP contribution is -2.24. The van der Waals surface area contributed by atoms with Gasteiger partial charge in [-0.1, -0.05) is 12.1 Å². The molecule has 7 nitrogen and oxygen atoms in total. The first-order valence-corrected chi connectivity index (χ1v) is 5.47. The van der Waals surface area contributed by atoms with Gasteiger partial charge in [-0.2, -0.15) is 10.2 Å². The Balaban J connectivity index is 2.33. The summed E-state index contributed by atoms with van der Waals surface area (Å²) >= 11 is 0. The summed E-state index contributed by atoms with van der Waals surface area (Å²) in [5.74, 6) is 0.712. The number of carbonyl (C=O) groups is 1. The zero-order chi connectivity index (χ0) is 13.7. The van der Waals surface area contributed by atoms with E-state index < -0.39 is 6.03 Å².